The van der Waals surface area contributed by atoms with E-state index in [9.17, 15) is 9.18 Å². The Morgan fingerprint density at radius 1 is 1.53 bits per heavy atom. The van der Waals surface area contributed by atoms with Crippen molar-refractivity contribution in [3.8, 4) is 0 Å². The second kappa shape index (κ2) is 5.14. The lowest BCUT2D eigenvalue weighted by Gasteiger charge is -2.22. The van der Waals surface area contributed by atoms with Crippen molar-refractivity contribution in [2.75, 3.05) is 18.9 Å². The van der Waals surface area contributed by atoms with Gasteiger partial charge in [-0.05, 0) is 31.0 Å². The highest BCUT2D eigenvalue weighted by Crippen LogP contribution is 2.17. The first-order valence-corrected chi connectivity index (χ1v) is 5.50. The molecule has 1 saturated heterocycles. The van der Waals surface area contributed by atoms with Crippen LogP contribution < -0.4 is 5.73 Å². The second-order valence-electron chi connectivity index (χ2n) is 3.98. The molecule has 5 heteroatoms. The summed E-state index contributed by atoms with van der Waals surface area (Å²) >= 11 is 0. The summed E-state index contributed by atoms with van der Waals surface area (Å²) in [5.41, 5.74) is 5.84. The summed E-state index contributed by atoms with van der Waals surface area (Å²) < 4.78 is 23.2. The fourth-order valence-electron chi connectivity index (χ4n) is 1.74. The van der Waals surface area contributed by atoms with Gasteiger partial charge in [-0.25, -0.2) is 9.18 Å². The zero-order valence-corrected chi connectivity index (χ0v) is 9.32. The normalized spacial score (nSPS) is 19.9. The van der Waals surface area contributed by atoms with Crippen molar-refractivity contribution in [1.82, 2.24) is 0 Å². The Hall–Kier alpha value is -1.62. The molecule has 0 bridgehead atoms. The molecule has 0 aromatic heterocycles. The summed E-state index contributed by atoms with van der Waals surface area (Å²) in [7, 11) is 0. The van der Waals surface area contributed by atoms with E-state index in [-0.39, 0.29) is 17.4 Å². The van der Waals surface area contributed by atoms with E-state index in [2.05, 4.69) is 0 Å². The molecule has 0 spiro atoms. The summed E-state index contributed by atoms with van der Waals surface area (Å²) in [6.45, 7) is 1.11. The van der Waals surface area contributed by atoms with E-state index < -0.39 is 11.8 Å². The van der Waals surface area contributed by atoms with Crippen molar-refractivity contribution >= 4 is 11.7 Å². The van der Waals surface area contributed by atoms with Crippen LogP contribution in [0.4, 0.5) is 10.1 Å². The lowest BCUT2D eigenvalue weighted by atomic mass is 10.1. The predicted molar refractivity (Wildman–Crippen MR) is 60.1 cm³/mol. The van der Waals surface area contributed by atoms with Crippen LogP contribution in [0.15, 0.2) is 18.2 Å². The molecule has 0 amide bonds. The van der Waals surface area contributed by atoms with E-state index in [0.29, 0.717) is 13.2 Å². The number of ether oxygens (including phenoxy) is 2. The van der Waals surface area contributed by atoms with Gasteiger partial charge in [0.15, 0.2) is 0 Å². The molecule has 1 atom stereocenters. The number of nitrogen functional groups attached to an aromatic ring is 1. The number of esters is 1. The summed E-state index contributed by atoms with van der Waals surface area (Å²) in [6.07, 6.45) is 1.42. The molecule has 0 radical (unpaired) electrons. The molecule has 1 aliphatic heterocycles. The molecule has 0 aliphatic carbocycles. The van der Waals surface area contributed by atoms with Gasteiger partial charge in [0.2, 0.25) is 0 Å². The standard InChI is InChI=1S/C12H14FNO3/c13-8-3-4-10(11(14)6-8)12(15)17-9-2-1-5-16-7-9/h3-4,6,9H,1-2,5,7,14H2. The van der Waals surface area contributed by atoms with Crippen molar-refractivity contribution in [2.24, 2.45) is 0 Å². The molecule has 2 N–H and O–H groups in total. The van der Waals surface area contributed by atoms with Crippen LogP contribution in [0.2, 0.25) is 0 Å². The number of rotatable bonds is 2. The lowest BCUT2D eigenvalue weighted by Crippen LogP contribution is -2.28. The summed E-state index contributed by atoms with van der Waals surface area (Å²) in [5.74, 6) is -1.00. The van der Waals surface area contributed by atoms with Gasteiger partial charge in [0.1, 0.15) is 11.9 Å². The molecule has 92 valence electrons. The molecule has 17 heavy (non-hydrogen) atoms. The van der Waals surface area contributed by atoms with Crippen LogP contribution in [0.3, 0.4) is 0 Å². The average molecular weight is 239 g/mol. The minimum atomic E-state index is -0.530. The quantitative estimate of drug-likeness (QED) is 0.630. The van der Waals surface area contributed by atoms with Crippen molar-refractivity contribution in [3.05, 3.63) is 29.6 Å². The summed E-state index contributed by atoms with van der Waals surface area (Å²) in [6, 6.07) is 3.62. The van der Waals surface area contributed by atoms with E-state index in [1.54, 1.807) is 0 Å². The number of anilines is 1. The molecule has 0 saturated carbocycles. The van der Waals surface area contributed by atoms with Gasteiger partial charge in [0, 0.05) is 12.3 Å². The molecule has 1 aromatic rings. The van der Waals surface area contributed by atoms with Gasteiger partial charge in [-0.3, -0.25) is 0 Å². The molecule has 2 rings (SSSR count). The van der Waals surface area contributed by atoms with E-state index in [1.165, 1.54) is 12.1 Å². The van der Waals surface area contributed by atoms with Gasteiger partial charge < -0.3 is 15.2 Å². The van der Waals surface area contributed by atoms with E-state index in [4.69, 9.17) is 15.2 Å². The Balaban J connectivity index is 2.03. The van der Waals surface area contributed by atoms with E-state index in [1.807, 2.05) is 0 Å². The topological polar surface area (TPSA) is 61.6 Å². The Morgan fingerprint density at radius 2 is 2.35 bits per heavy atom. The van der Waals surface area contributed by atoms with E-state index in [0.717, 1.165) is 18.9 Å². The molecule has 1 aromatic carbocycles. The van der Waals surface area contributed by atoms with Crippen molar-refractivity contribution in [3.63, 3.8) is 0 Å². The van der Waals surface area contributed by atoms with Crippen molar-refractivity contribution in [1.29, 1.82) is 0 Å². The van der Waals surface area contributed by atoms with E-state index >= 15 is 0 Å². The first kappa shape index (κ1) is 11.9. The molecule has 4 nitrogen and oxygen atoms in total. The molecule has 1 aliphatic rings. The van der Waals surface area contributed by atoms with Crippen LogP contribution in [0.5, 0.6) is 0 Å². The zero-order valence-electron chi connectivity index (χ0n) is 9.32. The fourth-order valence-corrected chi connectivity index (χ4v) is 1.74. The minimum absolute atomic E-state index is 0.0896. The number of benzene rings is 1. The van der Waals surface area contributed by atoms with Gasteiger partial charge in [-0.2, -0.15) is 0 Å². The smallest absolute Gasteiger partial charge is 0.340 e. The maximum Gasteiger partial charge on any atom is 0.340 e. The van der Waals surface area contributed by atoms with Gasteiger partial charge in [-0.15, -0.1) is 0 Å². The summed E-state index contributed by atoms with van der Waals surface area (Å²) in [4.78, 5) is 11.8. The van der Waals surface area contributed by atoms with Crippen LogP contribution >= 0.6 is 0 Å². The molecule has 1 heterocycles. The first-order chi connectivity index (χ1) is 8.16. The number of hydrogen-bond donors (Lipinski definition) is 1. The Bertz CT molecular complexity index is 416. The highest BCUT2D eigenvalue weighted by Gasteiger charge is 2.20. The second-order valence-corrected chi connectivity index (χ2v) is 3.98. The Kier molecular flexibility index (Phi) is 3.58. The fraction of sp³-hybridized carbons (Fsp3) is 0.417. The first-order valence-electron chi connectivity index (χ1n) is 5.50. The van der Waals surface area contributed by atoms with Crippen LogP contribution in [-0.2, 0) is 9.47 Å². The van der Waals surface area contributed by atoms with Crippen LogP contribution in [0.25, 0.3) is 0 Å². The van der Waals surface area contributed by atoms with Crippen LogP contribution in [0.1, 0.15) is 23.2 Å². The minimum Gasteiger partial charge on any atom is -0.456 e. The third kappa shape index (κ3) is 2.94. The maximum absolute atomic E-state index is 12.8. The zero-order chi connectivity index (χ0) is 12.3. The third-order valence-corrected chi connectivity index (χ3v) is 2.63. The Labute approximate surface area is 98.5 Å². The number of carbonyl (C=O) groups is 1. The Morgan fingerprint density at radius 3 is 3.00 bits per heavy atom. The maximum atomic E-state index is 12.8. The van der Waals surface area contributed by atoms with Gasteiger partial charge in [-0.1, -0.05) is 0 Å². The van der Waals surface area contributed by atoms with Gasteiger partial charge in [0.25, 0.3) is 0 Å². The van der Waals surface area contributed by atoms with Gasteiger partial charge >= 0.3 is 5.97 Å². The predicted octanol–water partition coefficient (Wildman–Crippen LogP) is 1.74. The number of nitrogens with two attached hydrogens (primary N) is 1. The van der Waals surface area contributed by atoms with Crippen molar-refractivity contribution < 1.29 is 18.7 Å². The highest BCUT2D eigenvalue weighted by molar-refractivity contribution is 5.95. The largest absolute Gasteiger partial charge is 0.456 e. The summed E-state index contributed by atoms with van der Waals surface area (Å²) in [5, 5.41) is 0. The SMILES string of the molecule is Nc1cc(F)ccc1C(=O)OC1CCCOC1. The molecular formula is C12H14FNO3. The highest BCUT2D eigenvalue weighted by atomic mass is 19.1. The molecule has 1 unspecified atom stereocenters. The third-order valence-electron chi connectivity index (χ3n) is 2.63. The number of carbonyl (C=O) groups excluding carboxylic acids is 1. The average Bonchev–Trinajstić information content (AvgIpc) is 2.30. The molecule has 1 fully saturated rings. The number of hydrogen-bond acceptors (Lipinski definition) is 4. The van der Waals surface area contributed by atoms with Gasteiger partial charge in [0.05, 0.1) is 12.2 Å². The van der Waals surface area contributed by atoms with Crippen LogP contribution in [0, 0.1) is 5.82 Å². The number of halogens is 1. The molecular weight excluding hydrogens is 225 g/mol. The van der Waals surface area contributed by atoms with Crippen molar-refractivity contribution in [2.45, 2.75) is 18.9 Å². The lowest BCUT2D eigenvalue weighted by molar-refractivity contribution is -0.0305. The monoisotopic (exact) mass is 239 g/mol. The van der Waals surface area contributed by atoms with Crippen LogP contribution in [-0.4, -0.2) is 25.3 Å².